The molecule has 4 N–H and O–H groups in total. The summed E-state index contributed by atoms with van der Waals surface area (Å²) in [7, 11) is -7.37. The highest BCUT2D eigenvalue weighted by molar-refractivity contribution is 8.24. The van der Waals surface area contributed by atoms with E-state index in [1.54, 1.807) is 12.3 Å². The second kappa shape index (κ2) is 11.7. The van der Waals surface area contributed by atoms with Crippen LogP contribution in [0.3, 0.4) is 0 Å². The van der Waals surface area contributed by atoms with E-state index in [9.17, 15) is 26.3 Å². The van der Waals surface area contributed by atoms with Crippen LogP contribution in [0.2, 0.25) is 0 Å². The number of hydrogen-bond acceptors (Lipinski definition) is 9. The van der Waals surface area contributed by atoms with Gasteiger partial charge in [-0.25, -0.2) is 36.5 Å². The number of rotatable bonds is 7. The molecule has 1 aliphatic heterocycles. The normalized spacial score (nSPS) is 16.6. The Morgan fingerprint density at radius 1 is 0.977 bits per heavy atom. The zero-order valence-corrected chi connectivity index (χ0v) is 25.9. The van der Waals surface area contributed by atoms with E-state index < -0.39 is 54.1 Å². The summed E-state index contributed by atoms with van der Waals surface area (Å²) >= 11 is 1.30. The highest BCUT2D eigenvalue weighted by Crippen LogP contribution is 2.45. The lowest BCUT2D eigenvalue weighted by molar-refractivity contribution is 0.461. The Balaban J connectivity index is 1.53. The van der Waals surface area contributed by atoms with E-state index in [4.69, 9.17) is 4.98 Å². The molecule has 2 aromatic heterocycles. The van der Waals surface area contributed by atoms with Crippen molar-refractivity contribution < 1.29 is 30.7 Å². The molecule has 15 heteroatoms. The summed E-state index contributed by atoms with van der Waals surface area (Å²) in [5.41, 5.74) is -0.317. The predicted molar refractivity (Wildman–Crippen MR) is 164 cm³/mol. The van der Waals surface area contributed by atoms with Gasteiger partial charge >= 0.3 is 0 Å². The third kappa shape index (κ3) is 6.80. The fourth-order valence-electron chi connectivity index (χ4n) is 4.52. The minimum Gasteiger partial charge on any atom is -0.351 e. The van der Waals surface area contributed by atoms with Gasteiger partial charge in [-0.15, -0.1) is 11.3 Å². The van der Waals surface area contributed by atoms with E-state index in [0.29, 0.717) is 45.9 Å². The van der Waals surface area contributed by atoms with E-state index >= 15 is 4.39 Å². The Kier molecular flexibility index (Phi) is 8.48. The molecular formula is C28H30F3N5O4S3. The summed E-state index contributed by atoms with van der Waals surface area (Å²) in [4.78, 5) is 13.0. The first-order chi connectivity index (χ1) is 20.1. The molecule has 4 aromatic rings. The van der Waals surface area contributed by atoms with Gasteiger partial charge in [-0.2, -0.15) is 10.6 Å². The summed E-state index contributed by atoms with van der Waals surface area (Å²) in [6, 6.07) is 8.22. The highest BCUT2D eigenvalue weighted by atomic mass is 32.3. The topological polar surface area (TPSA) is 137 Å². The van der Waals surface area contributed by atoms with E-state index in [2.05, 4.69) is 15.3 Å². The average Bonchev–Trinajstić information content (AvgIpc) is 3.37. The van der Waals surface area contributed by atoms with Crippen LogP contribution in [0.1, 0.15) is 38.6 Å². The molecule has 1 fully saturated rings. The standard InChI is InChI=1S/C28H30F3N5O4S3/c1-28(2,3)26-35-23(24(41-26)21-10-13-32-27(34-21)33-16-11-14-42(37,38)15-12-16)17-6-4-9-20(22(17)31)36-43(39,40)25-18(29)7-5-8-19(25)30/h4-10,13,16,36-38H,11-12,14-15H2,1-3H3,(H,32,33,34). The monoisotopic (exact) mass is 653 g/mol. The summed E-state index contributed by atoms with van der Waals surface area (Å²) < 4.78 is 92.1. The number of aromatic nitrogens is 3. The molecule has 0 atom stereocenters. The van der Waals surface area contributed by atoms with E-state index in [1.807, 2.05) is 25.5 Å². The molecule has 1 aliphatic rings. The van der Waals surface area contributed by atoms with E-state index in [0.717, 1.165) is 24.3 Å². The first kappa shape index (κ1) is 31.2. The lowest BCUT2D eigenvalue weighted by Crippen LogP contribution is -2.30. The van der Waals surface area contributed by atoms with Crippen molar-refractivity contribution in [2.24, 2.45) is 0 Å². The molecule has 0 amide bonds. The van der Waals surface area contributed by atoms with Gasteiger partial charge < -0.3 is 5.32 Å². The summed E-state index contributed by atoms with van der Waals surface area (Å²) in [6.07, 6.45) is 2.63. The van der Waals surface area contributed by atoms with Crippen LogP contribution in [-0.4, -0.2) is 50.0 Å². The number of anilines is 2. The molecule has 1 saturated heterocycles. The smallest absolute Gasteiger partial charge is 0.267 e. The minimum atomic E-state index is -4.82. The van der Waals surface area contributed by atoms with Crippen LogP contribution in [-0.2, 0) is 15.4 Å². The maximum atomic E-state index is 16.0. The Bertz CT molecular complexity index is 1750. The third-order valence-corrected chi connectivity index (χ3v) is 11.5. The van der Waals surface area contributed by atoms with Gasteiger partial charge in [-0.05, 0) is 43.2 Å². The molecule has 9 nitrogen and oxygen atoms in total. The molecule has 0 bridgehead atoms. The van der Waals surface area contributed by atoms with Crippen LogP contribution in [0.25, 0.3) is 21.8 Å². The fourth-order valence-corrected chi connectivity index (χ4v) is 8.35. The molecule has 0 aliphatic carbocycles. The molecule has 0 saturated carbocycles. The van der Waals surface area contributed by atoms with Gasteiger partial charge in [0, 0.05) is 34.7 Å². The van der Waals surface area contributed by atoms with Crippen molar-refractivity contribution in [1.29, 1.82) is 0 Å². The van der Waals surface area contributed by atoms with Crippen LogP contribution in [0.4, 0.5) is 24.8 Å². The number of halogens is 3. The van der Waals surface area contributed by atoms with Crippen molar-refractivity contribution in [1.82, 2.24) is 15.0 Å². The fraction of sp³-hybridized carbons (Fsp3) is 0.321. The van der Waals surface area contributed by atoms with Gasteiger partial charge in [0.1, 0.15) is 11.6 Å². The number of sulfonamides is 1. The number of hydrogen-bond donors (Lipinski definition) is 4. The SMILES string of the molecule is CC(C)(C)c1nc(-c2cccc(NS(=O)(=O)c3c(F)cccc3F)c2F)c(-c2ccnc(NC3CCS(O)(O)CC3)n2)s1. The van der Waals surface area contributed by atoms with Crippen LogP contribution in [0.15, 0.2) is 53.6 Å². The van der Waals surface area contributed by atoms with Gasteiger partial charge in [0.2, 0.25) is 5.95 Å². The summed E-state index contributed by atoms with van der Waals surface area (Å²) in [5.74, 6) is -2.71. The minimum absolute atomic E-state index is 0.0402. The molecule has 5 rings (SSSR count). The molecule has 2 aromatic carbocycles. The van der Waals surface area contributed by atoms with Crippen LogP contribution >= 0.6 is 21.9 Å². The van der Waals surface area contributed by atoms with Gasteiger partial charge in [0.25, 0.3) is 10.0 Å². The molecule has 43 heavy (non-hydrogen) atoms. The van der Waals surface area contributed by atoms with Gasteiger partial charge in [0.05, 0.1) is 27.0 Å². The molecule has 3 heterocycles. The Morgan fingerprint density at radius 2 is 1.63 bits per heavy atom. The molecule has 230 valence electrons. The Labute approximate surface area is 253 Å². The Morgan fingerprint density at radius 3 is 2.28 bits per heavy atom. The second-order valence-electron chi connectivity index (χ2n) is 11.2. The molecule has 0 radical (unpaired) electrons. The average molecular weight is 654 g/mol. The maximum absolute atomic E-state index is 16.0. The number of thiazole rings is 1. The van der Waals surface area contributed by atoms with Crippen LogP contribution < -0.4 is 10.0 Å². The van der Waals surface area contributed by atoms with Gasteiger partial charge in [-0.3, -0.25) is 13.8 Å². The highest BCUT2D eigenvalue weighted by Gasteiger charge is 2.29. The lowest BCUT2D eigenvalue weighted by Gasteiger charge is -2.39. The third-order valence-electron chi connectivity index (χ3n) is 6.76. The second-order valence-corrected chi connectivity index (χ2v) is 16.2. The predicted octanol–water partition coefficient (Wildman–Crippen LogP) is 7.11. The first-order valence-corrected chi connectivity index (χ1v) is 17.4. The van der Waals surface area contributed by atoms with Crippen molar-refractivity contribution in [2.45, 2.75) is 50.0 Å². The molecular weight excluding hydrogens is 624 g/mol. The number of nitrogens with one attached hydrogen (secondary N) is 2. The van der Waals surface area contributed by atoms with Crippen molar-refractivity contribution in [3.05, 3.63) is 71.1 Å². The summed E-state index contributed by atoms with van der Waals surface area (Å²) in [5, 5.41) is 3.91. The summed E-state index contributed by atoms with van der Waals surface area (Å²) in [6.45, 7) is 5.84. The number of nitrogens with zero attached hydrogens (tertiary/aromatic N) is 3. The van der Waals surface area contributed by atoms with Crippen molar-refractivity contribution in [3.8, 4) is 21.8 Å². The van der Waals surface area contributed by atoms with Gasteiger partial charge in [-0.1, -0.05) is 32.9 Å². The quantitative estimate of drug-likeness (QED) is 0.166. The maximum Gasteiger partial charge on any atom is 0.267 e. The zero-order valence-electron chi connectivity index (χ0n) is 23.4. The van der Waals surface area contributed by atoms with Crippen LogP contribution in [0.5, 0.6) is 0 Å². The van der Waals surface area contributed by atoms with Crippen molar-refractivity contribution >= 4 is 43.6 Å². The number of benzene rings is 2. The largest absolute Gasteiger partial charge is 0.351 e. The van der Waals surface area contributed by atoms with Crippen molar-refractivity contribution in [2.75, 3.05) is 21.5 Å². The zero-order chi connectivity index (χ0) is 31.2. The molecule has 0 spiro atoms. The van der Waals surface area contributed by atoms with Crippen molar-refractivity contribution in [3.63, 3.8) is 0 Å². The molecule has 0 unspecified atom stereocenters. The van der Waals surface area contributed by atoms with Gasteiger partial charge in [0.15, 0.2) is 10.7 Å². The van der Waals surface area contributed by atoms with E-state index in [1.165, 1.54) is 23.5 Å². The van der Waals surface area contributed by atoms with Crippen LogP contribution in [0, 0.1) is 17.5 Å². The Hall–Kier alpha value is -3.24. The lowest BCUT2D eigenvalue weighted by atomic mass is 9.98. The first-order valence-electron chi connectivity index (χ1n) is 13.3. The van der Waals surface area contributed by atoms with E-state index in [-0.39, 0.29) is 17.3 Å².